The molecule has 3 N–H and O–H groups in total. The van der Waals surface area contributed by atoms with Gasteiger partial charge in [0.05, 0.1) is 16.6 Å². The van der Waals surface area contributed by atoms with E-state index in [1.54, 1.807) is 18.2 Å². The highest BCUT2D eigenvalue weighted by atomic mass is 32.1. The summed E-state index contributed by atoms with van der Waals surface area (Å²) in [7, 11) is 0. The van der Waals surface area contributed by atoms with E-state index < -0.39 is 6.04 Å². The van der Waals surface area contributed by atoms with Crippen LogP contribution in [0.4, 0.5) is 10.8 Å². The number of benzene rings is 2. The maximum Gasteiger partial charge on any atom is 0.247 e. The van der Waals surface area contributed by atoms with Gasteiger partial charge in [0.15, 0.2) is 5.13 Å². The van der Waals surface area contributed by atoms with Crippen molar-refractivity contribution in [2.45, 2.75) is 33.2 Å². The van der Waals surface area contributed by atoms with Crippen molar-refractivity contribution in [3.05, 3.63) is 54.1 Å². The van der Waals surface area contributed by atoms with Gasteiger partial charge in [-0.05, 0) is 29.7 Å². The second-order valence-corrected chi connectivity index (χ2v) is 8.35. The highest BCUT2D eigenvalue weighted by Crippen LogP contribution is 2.28. The largest absolute Gasteiger partial charge is 0.344 e. The summed E-state index contributed by atoms with van der Waals surface area (Å²) in [6, 6.07) is 14.1. The molecule has 1 atom stereocenters. The molecular weight excluding hydrogens is 400 g/mol. The van der Waals surface area contributed by atoms with Crippen molar-refractivity contribution >= 4 is 50.1 Å². The first-order valence-corrected chi connectivity index (χ1v) is 10.5. The molecule has 0 bridgehead atoms. The van der Waals surface area contributed by atoms with Gasteiger partial charge in [-0.25, -0.2) is 4.98 Å². The summed E-state index contributed by atoms with van der Waals surface area (Å²) in [5, 5.41) is 8.88. The number of fused-ring (bicyclic) bond motifs is 1. The third kappa shape index (κ3) is 5.64. The number of anilines is 2. The van der Waals surface area contributed by atoms with E-state index in [1.165, 1.54) is 18.3 Å². The van der Waals surface area contributed by atoms with E-state index in [0.717, 1.165) is 15.8 Å². The van der Waals surface area contributed by atoms with Crippen LogP contribution in [0.3, 0.4) is 0 Å². The van der Waals surface area contributed by atoms with Gasteiger partial charge in [-0.2, -0.15) is 0 Å². The highest BCUT2D eigenvalue weighted by Gasteiger charge is 2.24. The molecule has 0 aliphatic heterocycles. The summed E-state index contributed by atoms with van der Waals surface area (Å²) in [4.78, 5) is 40.8. The Hall–Kier alpha value is -3.26. The number of nitrogens with zero attached hydrogens (tertiary/aromatic N) is 1. The van der Waals surface area contributed by atoms with Crippen molar-refractivity contribution in [1.82, 2.24) is 10.3 Å². The minimum atomic E-state index is -0.659. The average Bonchev–Trinajstić information content (AvgIpc) is 3.07. The molecule has 30 heavy (non-hydrogen) atoms. The molecule has 7 nitrogen and oxygen atoms in total. The maximum atomic E-state index is 12.8. The van der Waals surface area contributed by atoms with Crippen molar-refractivity contribution in [1.29, 1.82) is 0 Å². The number of hydrogen-bond acceptors (Lipinski definition) is 5. The molecule has 3 aromatic rings. The van der Waals surface area contributed by atoms with Gasteiger partial charge < -0.3 is 16.0 Å². The topological polar surface area (TPSA) is 100 Å². The first kappa shape index (κ1) is 21.4. The van der Waals surface area contributed by atoms with Crippen LogP contribution in [0.2, 0.25) is 0 Å². The van der Waals surface area contributed by atoms with E-state index in [9.17, 15) is 14.4 Å². The van der Waals surface area contributed by atoms with E-state index >= 15 is 0 Å². The molecule has 3 amide bonds. The van der Waals surface area contributed by atoms with Gasteiger partial charge in [0, 0.05) is 12.6 Å². The normalized spacial score (nSPS) is 11.9. The molecule has 3 rings (SSSR count). The monoisotopic (exact) mass is 424 g/mol. The van der Waals surface area contributed by atoms with Crippen molar-refractivity contribution in [2.24, 2.45) is 5.92 Å². The molecule has 8 heteroatoms. The Morgan fingerprint density at radius 1 is 1.03 bits per heavy atom. The minimum absolute atomic E-state index is 0.0803. The van der Waals surface area contributed by atoms with Gasteiger partial charge in [0.1, 0.15) is 6.04 Å². The number of rotatable bonds is 7. The van der Waals surface area contributed by atoms with Crippen LogP contribution in [0.15, 0.2) is 48.5 Å². The molecule has 0 saturated carbocycles. The number of hydrogen-bond donors (Lipinski definition) is 3. The molecule has 1 heterocycles. The van der Waals surface area contributed by atoms with Crippen LogP contribution in [0, 0.1) is 5.92 Å². The van der Waals surface area contributed by atoms with Crippen molar-refractivity contribution in [3.63, 3.8) is 0 Å². The van der Waals surface area contributed by atoms with E-state index in [2.05, 4.69) is 20.9 Å². The summed E-state index contributed by atoms with van der Waals surface area (Å²) in [5.74, 6) is -0.748. The predicted molar refractivity (Wildman–Crippen MR) is 119 cm³/mol. The average molecular weight is 425 g/mol. The molecule has 0 saturated heterocycles. The van der Waals surface area contributed by atoms with Gasteiger partial charge in [0.2, 0.25) is 17.7 Å². The number of carbonyl (C=O) groups excluding carboxylic acids is 3. The van der Waals surface area contributed by atoms with Crippen LogP contribution in [0.5, 0.6) is 0 Å². The molecule has 1 aromatic heterocycles. The minimum Gasteiger partial charge on any atom is -0.344 e. The number of nitrogens with one attached hydrogen (secondary N) is 3. The predicted octanol–water partition coefficient (Wildman–Crippen LogP) is 3.58. The van der Waals surface area contributed by atoms with Gasteiger partial charge in [0.25, 0.3) is 0 Å². The van der Waals surface area contributed by atoms with Gasteiger partial charge in [-0.15, -0.1) is 0 Å². The molecule has 0 aliphatic rings. The molecular formula is C22H24N4O3S. The van der Waals surface area contributed by atoms with Crippen LogP contribution in [-0.4, -0.2) is 28.7 Å². The van der Waals surface area contributed by atoms with Gasteiger partial charge >= 0.3 is 0 Å². The third-order valence-electron chi connectivity index (χ3n) is 4.41. The molecule has 156 valence electrons. The van der Waals surface area contributed by atoms with Crippen molar-refractivity contribution in [3.8, 4) is 0 Å². The van der Waals surface area contributed by atoms with E-state index in [0.29, 0.717) is 10.8 Å². The van der Waals surface area contributed by atoms with Crippen LogP contribution in [0.1, 0.15) is 26.3 Å². The second-order valence-electron chi connectivity index (χ2n) is 7.32. The lowest BCUT2D eigenvalue weighted by Crippen LogP contribution is -2.47. The van der Waals surface area contributed by atoms with Crippen LogP contribution < -0.4 is 16.0 Å². The highest BCUT2D eigenvalue weighted by molar-refractivity contribution is 7.22. The second kappa shape index (κ2) is 9.49. The Kier molecular flexibility index (Phi) is 6.79. The Balaban J connectivity index is 1.68. The lowest BCUT2D eigenvalue weighted by atomic mass is 10.0. The summed E-state index contributed by atoms with van der Waals surface area (Å²) in [5.41, 5.74) is 2.23. The van der Waals surface area contributed by atoms with Crippen molar-refractivity contribution < 1.29 is 14.4 Å². The quantitative estimate of drug-likeness (QED) is 0.540. The zero-order chi connectivity index (χ0) is 21.7. The Morgan fingerprint density at radius 3 is 2.43 bits per heavy atom. The number of thiazole rings is 1. The summed E-state index contributed by atoms with van der Waals surface area (Å²) in [6.07, 6.45) is 0.218. The van der Waals surface area contributed by atoms with Crippen LogP contribution in [0.25, 0.3) is 10.2 Å². The number of carbonyl (C=O) groups is 3. The van der Waals surface area contributed by atoms with Crippen LogP contribution in [-0.2, 0) is 20.8 Å². The standard InChI is InChI=1S/C22H24N4O3S/c1-13(2)20(26-19(28)11-15-7-5-4-6-8-15)21(29)24-16-9-10-17-18(12-16)30-22(25-17)23-14(3)27/h4-10,12-13,20H,11H2,1-3H3,(H,24,29)(H,26,28)(H,23,25,27). The molecule has 2 aromatic carbocycles. The lowest BCUT2D eigenvalue weighted by Gasteiger charge is -2.22. The van der Waals surface area contributed by atoms with E-state index in [-0.39, 0.29) is 30.1 Å². The van der Waals surface area contributed by atoms with Crippen molar-refractivity contribution in [2.75, 3.05) is 10.6 Å². The molecule has 1 unspecified atom stereocenters. The third-order valence-corrected chi connectivity index (χ3v) is 5.35. The Morgan fingerprint density at radius 2 is 1.77 bits per heavy atom. The lowest BCUT2D eigenvalue weighted by molar-refractivity contribution is -0.127. The van der Waals surface area contributed by atoms with E-state index in [4.69, 9.17) is 0 Å². The smallest absolute Gasteiger partial charge is 0.247 e. The van der Waals surface area contributed by atoms with Crippen LogP contribution >= 0.6 is 11.3 Å². The number of amides is 3. The Labute approximate surface area is 178 Å². The summed E-state index contributed by atoms with van der Waals surface area (Å²) in [6.45, 7) is 5.20. The zero-order valence-electron chi connectivity index (χ0n) is 17.1. The molecule has 0 spiro atoms. The molecule has 0 fully saturated rings. The molecule has 0 radical (unpaired) electrons. The fourth-order valence-corrected chi connectivity index (χ4v) is 3.92. The van der Waals surface area contributed by atoms with Gasteiger partial charge in [-0.3, -0.25) is 14.4 Å². The number of aromatic nitrogens is 1. The zero-order valence-corrected chi connectivity index (χ0v) is 17.9. The fraction of sp³-hybridized carbons (Fsp3) is 0.273. The SMILES string of the molecule is CC(=O)Nc1nc2ccc(NC(=O)C(NC(=O)Cc3ccccc3)C(C)C)cc2s1. The Bertz CT molecular complexity index is 1060. The van der Waals surface area contributed by atoms with Gasteiger partial charge in [-0.1, -0.05) is 55.5 Å². The summed E-state index contributed by atoms with van der Waals surface area (Å²) >= 11 is 1.33. The fourth-order valence-electron chi connectivity index (χ4n) is 2.97. The molecule has 0 aliphatic carbocycles. The van der Waals surface area contributed by atoms with E-state index in [1.807, 2.05) is 44.2 Å². The maximum absolute atomic E-state index is 12.8. The first-order chi connectivity index (χ1) is 14.3. The first-order valence-electron chi connectivity index (χ1n) is 9.64. The summed E-state index contributed by atoms with van der Waals surface area (Å²) < 4.78 is 0.839.